The number of phenolic OH excluding ortho intramolecular Hbond substituents is 1. The summed E-state index contributed by atoms with van der Waals surface area (Å²) in [6, 6.07) is 13.7. The minimum Gasteiger partial charge on any atom is -0.508 e. The Morgan fingerprint density at radius 3 is 2.47 bits per heavy atom. The van der Waals surface area contributed by atoms with Gasteiger partial charge in [0.1, 0.15) is 5.75 Å². The summed E-state index contributed by atoms with van der Waals surface area (Å²) in [4.78, 5) is 0. The Hall–Kier alpha value is -1.47. The largest absolute Gasteiger partial charge is 0.508 e. The number of hydrogen-bond donors (Lipinski definition) is 1. The first-order valence-corrected chi connectivity index (χ1v) is 6.19. The molecule has 0 radical (unpaired) electrons. The van der Waals surface area contributed by atoms with Gasteiger partial charge in [0.2, 0.25) is 0 Å². The van der Waals surface area contributed by atoms with Gasteiger partial charge in [-0.05, 0) is 47.7 Å². The van der Waals surface area contributed by atoms with Crippen molar-refractivity contribution < 1.29 is 5.11 Å². The van der Waals surface area contributed by atoms with Crippen molar-refractivity contribution in [1.82, 2.24) is 0 Å². The van der Waals surface area contributed by atoms with Crippen LogP contribution in [0.15, 0.2) is 42.5 Å². The lowest BCUT2D eigenvalue weighted by molar-refractivity contribution is 0.475. The summed E-state index contributed by atoms with van der Waals surface area (Å²) in [6.45, 7) is 2.01. The number of halogens is 1. The van der Waals surface area contributed by atoms with Crippen LogP contribution in [0.25, 0.3) is 11.1 Å². The fourth-order valence-corrected chi connectivity index (χ4v) is 2.29. The van der Waals surface area contributed by atoms with E-state index in [1.807, 2.05) is 43.3 Å². The van der Waals surface area contributed by atoms with Crippen LogP contribution < -0.4 is 0 Å². The molecule has 2 rings (SSSR count). The number of benzene rings is 2. The predicted octanol–water partition coefficient (Wildman–Crippen LogP) is 4.15. The van der Waals surface area contributed by atoms with Crippen LogP contribution in [0.3, 0.4) is 0 Å². The van der Waals surface area contributed by atoms with Crippen molar-refractivity contribution in [2.24, 2.45) is 0 Å². The Balaban J connectivity index is 2.59. The summed E-state index contributed by atoms with van der Waals surface area (Å²) in [6.07, 6.45) is 0.817. The Morgan fingerprint density at radius 1 is 1.12 bits per heavy atom. The first-order valence-electron chi connectivity index (χ1n) is 5.66. The van der Waals surface area contributed by atoms with E-state index in [4.69, 9.17) is 11.6 Å². The third-order valence-electron chi connectivity index (χ3n) is 2.89. The molecule has 88 valence electrons. The highest BCUT2D eigenvalue weighted by Gasteiger charge is 2.09. The van der Waals surface area contributed by atoms with Crippen LogP contribution in [0.2, 0.25) is 0 Å². The van der Waals surface area contributed by atoms with Gasteiger partial charge in [0.25, 0.3) is 0 Å². The summed E-state index contributed by atoms with van der Waals surface area (Å²) in [7, 11) is 0. The number of rotatable bonds is 3. The van der Waals surface area contributed by atoms with Gasteiger partial charge in [-0.15, -0.1) is 11.6 Å². The Kier molecular flexibility index (Phi) is 3.70. The molecular formula is C15H15ClO. The number of phenols is 1. The molecule has 0 heterocycles. The second-order valence-corrected chi connectivity index (χ2v) is 4.47. The predicted molar refractivity (Wildman–Crippen MR) is 72.7 cm³/mol. The van der Waals surface area contributed by atoms with Crippen LogP contribution in [0.1, 0.15) is 11.1 Å². The Labute approximate surface area is 107 Å². The molecule has 0 aliphatic carbocycles. The van der Waals surface area contributed by atoms with Crippen molar-refractivity contribution in [3.8, 4) is 16.9 Å². The topological polar surface area (TPSA) is 20.2 Å². The van der Waals surface area contributed by atoms with E-state index >= 15 is 0 Å². The van der Waals surface area contributed by atoms with Crippen molar-refractivity contribution in [3.05, 3.63) is 53.6 Å². The van der Waals surface area contributed by atoms with Crippen LogP contribution in [-0.2, 0) is 6.42 Å². The highest BCUT2D eigenvalue weighted by atomic mass is 35.5. The van der Waals surface area contributed by atoms with Crippen LogP contribution in [0, 0.1) is 6.92 Å². The lowest BCUT2D eigenvalue weighted by Crippen LogP contribution is -1.95. The van der Waals surface area contributed by atoms with Crippen molar-refractivity contribution in [3.63, 3.8) is 0 Å². The first kappa shape index (κ1) is 12.0. The number of aromatic hydroxyl groups is 1. The SMILES string of the molecule is Cc1cc(O)cc(-c2ccccc2)c1CCCl. The molecule has 17 heavy (non-hydrogen) atoms. The molecule has 1 nitrogen and oxygen atoms in total. The van der Waals surface area contributed by atoms with Gasteiger partial charge in [0.05, 0.1) is 0 Å². The smallest absolute Gasteiger partial charge is 0.116 e. The van der Waals surface area contributed by atoms with Gasteiger partial charge in [-0.1, -0.05) is 30.3 Å². The molecule has 0 amide bonds. The molecule has 0 aliphatic heterocycles. The monoisotopic (exact) mass is 246 g/mol. The number of aryl methyl sites for hydroxylation is 1. The molecule has 0 fully saturated rings. The maximum absolute atomic E-state index is 9.71. The van der Waals surface area contributed by atoms with Crippen molar-refractivity contribution in [2.45, 2.75) is 13.3 Å². The van der Waals surface area contributed by atoms with Crippen molar-refractivity contribution in [2.75, 3.05) is 5.88 Å². The van der Waals surface area contributed by atoms with E-state index < -0.39 is 0 Å². The van der Waals surface area contributed by atoms with E-state index in [-0.39, 0.29) is 0 Å². The van der Waals surface area contributed by atoms with E-state index in [2.05, 4.69) is 0 Å². The molecule has 0 spiro atoms. The number of alkyl halides is 1. The van der Waals surface area contributed by atoms with Crippen LogP contribution in [-0.4, -0.2) is 11.0 Å². The van der Waals surface area contributed by atoms with Crippen molar-refractivity contribution >= 4 is 11.6 Å². The normalized spacial score (nSPS) is 10.5. The van der Waals surface area contributed by atoms with Gasteiger partial charge in [-0.25, -0.2) is 0 Å². The maximum atomic E-state index is 9.71. The lowest BCUT2D eigenvalue weighted by Gasteiger charge is -2.12. The van der Waals surface area contributed by atoms with Gasteiger partial charge in [0.15, 0.2) is 0 Å². The average Bonchev–Trinajstić information content (AvgIpc) is 2.33. The van der Waals surface area contributed by atoms with Gasteiger partial charge in [-0.2, -0.15) is 0 Å². The zero-order chi connectivity index (χ0) is 12.3. The van der Waals surface area contributed by atoms with Crippen LogP contribution in [0.5, 0.6) is 5.75 Å². The zero-order valence-electron chi connectivity index (χ0n) is 9.78. The minimum absolute atomic E-state index is 0.305. The standard InChI is InChI=1S/C15H15ClO/c1-11-9-13(17)10-15(14(11)7-8-16)12-5-3-2-4-6-12/h2-6,9-10,17H,7-8H2,1H3. The quantitative estimate of drug-likeness (QED) is 0.807. The molecular weight excluding hydrogens is 232 g/mol. The zero-order valence-corrected chi connectivity index (χ0v) is 10.5. The third-order valence-corrected chi connectivity index (χ3v) is 3.08. The molecule has 2 aromatic rings. The molecule has 1 N–H and O–H groups in total. The fourth-order valence-electron chi connectivity index (χ4n) is 2.10. The highest BCUT2D eigenvalue weighted by Crippen LogP contribution is 2.30. The first-order chi connectivity index (χ1) is 8.22. The maximum Gasteiger partial charge on any atom is 0.116 e. The van der Waals surface area contributed by atoms with E-state index in [0.717, 1.165) is 23.1 Å². The highest BCUT2D eigenvalue weighted by molar-refractivity contribution is 6.18. The van der Waals surface area contributed by atoms with E-state index in [1.54, 1.807) is 6.07 Å². The summed E-state index contributed by atoms with van der Waals surface area (Å²) >= 11 is 5.84. The Bertz CT molecular complexity index is 506. The van der Waals surface area contributed by atoms with Crippen LogP contribution >= 0.6 is 11.6 Å². The van der Waals surface area contributed by atoms with Crippen LogP contribution in [0.4, 0.5) is 0 Å². The molecule has 0 atom stereocenters. The molecule has 0 saturated heterocycles. The second-order valence-electron chi connectivity index (χ2n) is 4.09. The minimum atomic E-state index is 0.305. The molecule has 0 unspecified atom stereocenters. The van der Waals surface area contributed by atoms with E-state index in [0.29, 0.717) is 11.6 Å². The Morgan fingerprint density at radius 2 is 1.82 bits per heavy atom. The molecule has 2 heteroatoms. The summed E-state index contributed by atoms with van der Waals surface area (Å²) in [5.41, 5.74) is 4.49. The van der Waals surface area contributed by atoms with Gasteiger partial charge in [0, 0.05) is 5.88 Å². The molecule has 0 aliphatic rings. The number of hydrogen-bond acceptors (Lipinski definition) is 1. The summed E-state index contributed by atoms with van der Waals surface area (Å²) in [5.74, 6) is 0.894. The summed E-state index contributed by atoms with van der Waals surface area (Å²) < 4.78 is 0. The van der Waals surface area contributed by atoms with Gasteiger partial charge >= 0.3 is 0 Å². The third kappa shape index (κ3) is 2.62. The van der Waals surface area contributed by atoms with E-state index in [9.17, 15) is 5.11 Å². The average molecular weight is 247 g/mol. The molecule has 2 aromatic carbocycles. The second kappa shape index (κ2) is 5.24. The van der Waals surface area contributed by atoms with Gasteiger partial charge < -0.3 is 5.11 Å². The molecule has 0 bridgehead atoms. The molecule has 0 saturated carbocycles. The molecule has 0 aromatic heterocycles. The summed E-state index contributed by atoms with van der Waals surface area (Å²) in [5, 5.41) is 9.71. The van der Waals surface area contributed by atoms with E-state index in [1.165, 1.54) is 5.56 Å². The lowest BCUT2D eigenvalue weighted by atomic mass is 9.94. The van der Waals surface area contributed by atoms with Crippen molar-refractivity contribution in [1.29, 1.82) is 0 Å². The fraction of sp³-hybridized carbons (Fsp3) is 0.200. The van der Waals surface area contributed by atoms with Gasteiger partial charge in [-0.3, -0.25) is 0 Å².